The van der Waals surface area contributed by atoms with Crippen molar-refractivity contribution in [1.82, 2.24) is 14.9 Å². The zero-order valence-electron chi connectivity index (χ0n) is 16.5. The lowest BCUT2D eigenvalue weighted by molar-refractivity contribution is -0.135. The number of carbonyl (C=O) groups excluding carboxylic acids is 1. The Hall–Kier alpha value is -3.23. The fourth-order valence-corrected chi connectivity index (χ4v) is 3.58. The number of ether oxygens (including phenoxy) is 1. The number of hydrogen-bond acceptors (Lipinski definition) is 4. The van der Waals surface area contributed by atoms with Gasteiger partial charge in [0, 0.05) is 41.4 Å². The fourth-order valence-electron chi connectivity index (χ4n) is 3.41. The summed E-state index contributed by atoms with van der Waals surface area (Å²) in [7, 11) is 0. The smallest absolute Gasteiger partial charge is 0.242 e. The minimum atomic E-state index is 0.0916. The number of hydrazone groups is 1. The number of aromatic nitrogens is 1. The van der Waals surface area contributed by atoms with Crippen molar-refractivity contribution in [3.63, 3.8) is 0 Å². The molecule has 2 N–H and O–H groups in total. The van der Waals surface area contributed by atoms with Crippen LogP contribution in [0.4, 0.5) is 5.69 Å². The van der Waals surface area contributed by atoms with Crippen LogP contribution in [0.1, 0.15) is 5.56 Å². The van der Waals surface area contributed by atoms with Gasteiger partial charge in [0.1, 0.15) is 6.54 Å². The van der Waals surface area contributed by atoms with Gasteiger partial charge in [-0.2, -0.15) is 5.10 Å². The Morgan fingerprint density at radius 2 is 1.83 bits per heavy atom. The number of thiocarbonyl (C=S) groups is 1. The quantitative estimate of drug-likeness (QED) is 0.377. The van der Waals surface area contributed by atoms with E-state index in [-0.39, 0.29) is 12.5 Å². The molecule has 1 saturated heterocycles. The number of amides is 1. The van der Waals surface area contributed by atoms with Gasteiger partial charge < -0.3 is 19.5 Å². The summed E-state index contributed by atoms with van der Waals surface area (Å²) >= 11 is 5.28. The van der Waals surface area contributed by atoms with Crippen molar-refractivity contribution in [2.45, 2.75) is 6.54 Å². The summed E-state index contributed by atoms with van der Waals surface area (Å²) in [5.74, 6) is 0.0916. The largest absolute Gasteiger partial charge is 0.378 e. The number of nitrogens with zero attached hydrogens (tertiary/aromatic N) is 3. The van der Waals surface area contributed by atoms with Crippen LogP contribution in [0.25, 0.3) is 10.9 Å². The van der Waals surface area contributed by atoms with Crippen LogP contribution < -0.4 is 10.7 Å². The Bertz CT molecular complexity index is 1060. The summed E-state index contributed by atoms with van der Waals surface area (Å²) in [6.07, 6.45) is 3.67. The van der Waals surface area contributed by atoms with Gasteiger partial charge in [-0.3, -0.25) is 10.2 Å². The summed E-state index contributed by atoms with van der Waals surface area (Å²) in [5.41, 5.74) is 5.63. The van der Waals surface area contributed by atoms with Crippen LogP contribution in [0.5, 0.6) is 0 Å². The second-order valence-corrected chi connectivity index (χ2v) is 7.32. The molecule has 1 amide bonds. The summed E-state index contributed by atoms with van der Waals surface area (Å²) in [6, 6.07) is 17.6. The Kier molecular flexibility index (Phi) is 6.36. The first-order valence-electron chi connectivity index (χ1n) is 9.79. The predicted octanol–water partition coefficient (Wildman–Crippen LogP) is 2.82. The maximum atomic E-state index is 12.7. The monoisotopic (exact) mass is 421 g/mol. The number of fused-ring (bicyclic) bond motifs is 1. The van der Waals surface area contributed by atoms with Gasteiger partial charge in [-0.25, -0.2) is 0 Å². The lowest BCUT2D eigenvalue weighted by Gasteiger charge is -2.27. The van der Waals surface area contributed by atoms with E-state index in [1.165, 1.54) is 0 Å². The molecule has 2 heterocycles. The van der Waals surface area contributed by atoms with E-state index in [9.17, 15) is 4.79 Å². The van der Waals surface area contributed by atoms with Crippen molar-refractivity contribution in [3.8, 4) is 0 Å². The SMILES string of the molecule is O=C(Cn1cc(/C=N/NC(=S)Nc2ccccc2)c2ccccc21)N1CCOCC1. The van der Waals surface area contributed by atoms with E-state index >= 15 is 0 Å². The third-order valence-corrected chi connectivity index (χ3v) is 5.08. The first-order chi connectivity index (χ1) is 14.7. The number of para-hydroxylation sites is 2. The highest BCUT2D eigenvalue weighted by Crippen LogP contribution is 2.20. The van der Waals surface area contributed by atoms with Crippen LogP contribution in [0, 0.1) is 0 Å². The molecule has 1 aliphatic rings. The lowest BCUT2D eigenvalue weighted by Crippen LogP contribution is -2.42. The highest BCUT2D eigenvalue weighted by molar-refractivity contribution is 7.80. The number of nitrogens with one attached hydrogen (secondary N) is 2. The van der Waals surface area contributed by atoms with Crippen LogP contribution in [0.3, 0.4) is 0 Å². The Morgan fingerprint density at radius 1 is 1.10 bits per heavy atom. The van der Waals surface area contributed by atoms with E-state index in [0.29, 0.717) is 31.4 Å². The third-order valence-electron chi connectivity index (χ3n) is 4.89. The second kappa shape index (κ2) is 9.51. The molecule has 0 unspecified atom stereocenters. The standard InChI is InChI=1S/C22H23N5O2S/c28-21(26-10-12-29-13-11-26)16-27-15-17(19-8-4-5-9-20(19)27)14-23-25-22(30)24-18-6-2-1-3-7-18/h1-9,14-15H,10-13,16H2,(H2,24,25,30)/b23-14+. The van der Waals surface area contributed by atoms with E-state index < -0.39 is 0 Å². The van der Waals surface area contributed by atoms with E-state index in [4.69, 9.17) is 17.0 Å². The topological polar surface area (TPSA) is 70.9 Å². The van der Waals surface area contributed by atoms with Crippen molar-refractivity contribution >= 4 is 46.0 Å². The molecule has 4 rings (SSSR count). The molecule has 0 bridgehead atoms. The van der Waals surface area contributed by atoms with Gasteiger partial charge in [-0.1, -0.05) is 36.4 Å². The number of morpholine rings is 1. The van der Waals surface area contributed by atoms with Crippen molar-refractivity contribution in [1.29, 1.82) is 0 Å². The van der Waals surface area contributed by atoms with Gasteiger partial charge in [0.15, 0.2) is 5.11 Å². The average Bonchev–Trinajstić information content (AvgIpc) is 3.12. The average molecular weight is 422 g/mol. The second-order valence-electron chi connectivity index (χ2n) is 6.91. The Morgan fingerprint density at radius 3 is 2.63 bits per heavy atom. The van der Waals surface area contributed by atoms with E-state index in [0.717, 1.165) is 22.2 Å². The third kappa shape index (κ3) is 4.84. The molecule has 154 valence electrons. The van der Waals surface area contributed by atoms with Gasteiger partial charge in [-0.15, -0.1) is 0 Å². The number of carbonyl (C=O) groups is 1. The highest BCUT2D eigenvalue weighted by Gasteiger charge is 2.18. The van der Waals surface area contributed by atoms with Gasteiger partial charge in [0.25, 0.3) is 0 Å². The molecule has 1 aliphatic heterocycles. The maximum Gasteiger partial charge on any atom is 0.242 e. The fraction of sp³-hybridized carbons (Fsp3) is 0.227. The van der Waals surface area contributed by atoms with Gasteiger partial charge in [-0.05, 0) is 30.4 Å². The lowest BCUT2D eigenvalue weighted by atomic mass is 10.2. The first kappa shape index (κ1) is 20.1. The van der Waals surface area contributed by atoms with E-state index in [2.05, 4.69) is 15.8 Å². The van der Waals surface area contributed by atoms with E-state index in [1.54, 1.807) is 6.21 Å². The van der Waals surface area contributed by atoms with Crippen LogP contribution in [-0.2, 0) is 16.1 Å². The molecule has 1 fully saturated rings. The zero-order valence-corrected chi connectivity index (χ0v) is 17.3. The molecule has 0 aliphatic carbocycles. The van der Waals surface area contributed by atoms with Crippen LogP contribution in [0.2, 0.25) is 0 Å². The maximum absolute atomic E-state index is 12.7. The molecular weight excluding hydrogens is 398 g/mol. The molecule has 2 aromatic carbocycles. The molecule has 1 aromatic heterocycles. The molecule has 3 aromatic rings. The summed E-state index contributed by atoms with van der Waals surface area (Å²) in [4.78, 5) is 14.5. The van der Waals surface area contributed by atoms with Crippen molar-refractivity contribution in [2.75, 3.05) is 31.6 Å². The van der Waals surface area contributed by atoms with Gasteiger partial charge in [0.2, 0.25) is 5.91 Å². The number of benzene rings is 2. The number of hydrogen-bond donors (Lipinski definition) is 2. The van der Waals surface area contributed by atoms with Crippen molar-refractivity contribution in [3.05, 3.63) is 66.4 Å². The summed E-state index contributed by atoms with van der Waals surface area (Å²) in [6.45, 7) is 2.76. The summed E-state index contributed by atoms with van der Waals surface area (Å²) in [5, 5.41) is 8.77. The van der Waals surface area contributed by atoms with Crippen molar-refractivity contribution < 1.29 is 9.53 Å². The van der Waals surface area contributed by atoms with Crippen LogP contribution in [-0.4, -0.2) is 53.0 Å². The zero-order chi connectivity index (χ0) is 20.8. The number of rotatable bonds is 5. The molecular formula is C22H23N5O2S. The molecule has 0 saturated carbocycles. The molecule has 0 spiro atoms. The molecule has 0 radical (unpaired) electrons. The van der Waals surface area contributed by atoms with Crippen LogP contribution >= 0.6 is 12.2 Å². The summed E-state index contributed by atoms with van der Waals surface area (Å²) < 4.78 is 7.30. The number of anilines is 1. The Balaban J connectivity index is 1.45. The molecule has 8 heteroatoms. The van der Waals surface area contributed by atoms with Gasteiger partial charge in [0.05, 0.1) is 19.4 Å². The highest BCUT2D eigenvalue weighted by atomic mass is 32.1. The molecule has 7 nitrogen and oxygen atoms in total. The molecule has 0 atom stereocenters. The van der Waals surface area contributed by atoms with E-state index in [1.807, 2.05) is 70.3 Å². The normalized spacial score (nSPS) is 14.2. The first-order valence-corrected chi connectivity index (χ1v) is 10.2. The minimum Gasteiger partial charge on any atom is -0.378 e. The van der Waals surface area contributed by atoms with Crippen LogP contribution in [0.15, 0.2) is 65.9 Å². The molecule has 30 heavy (non-hydrogen) atoms. The van der Waals surface area contributed by atoms with Gasteiger partial charge >= 0.3 is 0 Å². The minimum absolute atomic E-state index is 0.0916. The predicted molar refractivity (Wildman–Crippen MR) is 123 cm³/mol. The Labute approximate surface area is 180 Å². The van der Waals surface area contributed by atoms with Crippen molar-refractivity contribution in [2.24, 2.45) is 5.10 Å².